The summed E-state index contributed by atoms with van der Waals surface area (Å²) < 4.78 is 0. The lowest BCUT2D eigenvalue weighted by molar-refractivity contribution is 0.401. The van der Waals surface area contributed by atoms with E-state index in [0.717, 1.165) is 12.2 Å². The maximum Gasteiger partial charge on any atom is 0.0535 e. The Morgan fingerprint density at radius 2 is 2.30 bits per heavy atom. The summed E-state index contributed by atoms with van der Waals surface area (Å²) in [6.45, 7) is 2.99. The smallest absolute Gasteiger partial charge is 0.0535 e. The third kappa shape index (κ3) is 1.57. The van der Waals surface area contributed by atoms with Gasteiger partial charge in [-0.05, 0) is 21.0 Å². The lowest BCUT2D eigenvalue weighted by Crippen LogP contribution is -2.10. The molecule has 0 atom stereocenters. The summed E-state index contributed by atoms with van der Waals surface area (Å²) in [6, 6.07) is 0. The summed E-state index contributed by atoms with van der Waals surface area (Å²) in [4.78, 5) is 2.12. The zero-order valence-electron chi connectivity index (χ0n) is 6.68. The van der Waals surface area contributed by atoms with Crippen LogP contribution in [0.3, 0.4) is 0 Å². The van der Waals surface area contributed by atoms with E-state index < -0.39 is 0 Å². The first kappa shape index (κ1) is 7.28. The van der Waals surface area contributed by atoms with E-state index in [9.17, 15) is 0 Å². The molecule has 3 nitrogen and oxygen atoms in total. The second kappa shape index (κ2) is 2.84. The van der Waals surface area contributed by atoms with Gasteiger partial charge in [-0.3, -0.25) is 5.10 Å². The standard InChI is InChI=1S/C7H13N3/c1-6-7(4-8-9-6)5-10(2)3/h4H,5H2,1-3H3,(H,8,9). The molecule has 0 spiro atoms. The van der Waals surface area contributed by atoms with Gasteiger partial charge in [-0.25, -0.2) is 0 Å². The minimum Gasteiger partial charge on any atom is -0.305 e. The van der Waals surface area contributed by atoms with Gasteiger partial charge < -0.3 is 4.90 Å². The Balaban J connectivity index is 2.65. The molecule has 0 unspecified atom stereocenters. The number of aryl methyl sites for hydroxylation is 1. The van der Waals surface area contributed by atoms with Gasteiger partial charge in [0.1, 0.15) is 0 Å². The molecule has 0 saturated carbocycles. The van der Waals surface area contributed by atoms with E-state index in [1.165, 1.54) is 5.56 Å². The van der Waals surface area contributed by atoms with Crippen molar-refractivity contribution in [2.24, 2.45) is 0 Å². The molecule has 0 aliphatic carbocycles. The number of hydrogen-bond acceptors (Lipinski definition) is 2. The summed E-state index contributed by atoms with van der Waals surface area (Å²) >= 11 is 0. The lowest BCUT2D eigenvalue weighted by Gasteiger charge is -2.07. The van der Waals surface area contributed by atoms with E-state index in [1.54, 1.807) is 0 Å². The van der Waals surface area contributed by atoms with Crippen molar-refractivity contribution < 1.29 is 0 Å². The van der Waals surface area contributed by atoms with Gasteiger partial charge in [-0.1, -0.05) is 0 Å². The van der Waals surface area contributed by atoms with E-state index in [-0.39, 0.29) is 0 Å². The van der Waals surface area contributed by atoms with Crippen LogP contribution in [0.2, 0.25) is 0 Å². The van der Waals surface area contributed by atoms with E-state index in [1.807, 2.05) is 27.2 Å². The number of hydrogen-bond donors (Lipinski definition) is 1. The minimum absolute atomic E-state index is 0.961. The van der Waals surface area contributed by atoms with Gasteiger partial charge >= 0.3 is 0 Å². The summed E-state index contributed by atoms with van der Waals surface area (Å²) in [6.07, 6.45) is 1.87. The summed E-state index contributed by atoms with van der Waals surface area (Å²) in [5, 5.41) is 6.82. The average molecular weight is 139 g/mol. The van der Waals surface area contributed by atoms with Crippen molar-refractivity contribution >= 4 is 0 Å². The van der Waals surface area contributed by atoms with Crippen molar-refractivity contribution in [3.05, 3.63) is 17.5 Å². The van der Waals surface area contributed by atoms with Gasteiger partial charge in [-0.2, -0.15) is 5.10 Å². The number of nitrogens with zero attached hydrogens (tertiary/aromatic N) is 2. The maximum absolute atomic E-state index is 3.92. The van der Waals surface area contributed by atoms with Crippen molar-refractivity contribution in [2.45, 2.75) is 13.5 Å². The molecule has 0 saturated heterocycles. The average Bonchev–Trinajstić information content (AvgIpc) is 2.15. The molecule has 3 heteroatoms. The highest BCUT2D eigenvalue weighted by Crippen LogP contribution is 2.03. The number of H-pyrrole nitrogens is 1. The number of rotatable bonds is 2. The first-order valence-electron chi connectivity index (χ1n) is 3.33. The van der Waals surface area contributed by atoms with Crippen molar-refractivity contribution in [1.29, 1.82) is 0 Å². The molecule has 1 aromatic rings. The first-order chi connectivity index (χ1) is 4.70. The molecule has 1 rings (SSSR count). The van der Waals surface area contributed by atoms with E-state index in [0.29, 0.717) is 0 Å². The van der Waals surface area contributed by atoms with Gasteiger partial charge in [0.05, 0.1) is 6.20 Å². The molecule has 1 heterocycles. The number of aromatic nitrogens is 2. The highest BCUT2D eigenvalue weighted by atomic mass is 15.1. The second-order valence-corrected chi connectivity index (χ2v) is 2.76. The van der Waals surface area contributed by atoms with Crippen LogP contribution in [0.4, 0.5) is 0 Å². The summed E-state index contributed by atoms with van der Waals surface area (Å²) in [5.41, 5.74) is 2.43. The Morgan fingerprint density at radius 3 is 2.70 bits per heavy atom. The number of nitrogens with one attached hydrogen (secondary N) is 1. The molecule has 0 fully saturated rings. The Kier molecular flexibility index (Phi) is 2.06. The topological polar surface area (TPSA) is 31.9 Å². The molecule has 1 N–H and O–H groups in total. The SMILES string of the molecule is Cc1[nH]ncc1CN(C)C. The zero-order valence-corrected chi connectivity index (χ0v) is 6.68. The Hall–Kier alpha value is -0.830. The van der Waals surface area contributed by atoms with Crippen LogP contribution in [-0.4, -0.2) is 29.2 Å². The molecule has 0 amide bonds. The fourth-order valence-electron chi connectivity index (χ4n) is 0.876. The van der Waals surface area contributed by atoms with Crippen LogP contribution in [0.25, 0.3) is 0 Å². The minimum atomic E-state index is 0.961. The molecule has 0 bridgehead atoms. The summed E-state index contributed by atoms with van der Waals surface area (Å²) in [7, 11) is 4.10. The predicted molar refractivity (Wildman–Crippen MR) is 40.7 cm³/mol. The van der Waals surface area contributed by atoms with Crippen LogP contribution in [-0.2, 0) is 6.54 Å². The largest absolute Gasteiger partial charge is 0.305 e. The van der Waals surface area contributed by atoms with Gasteiger partial charge in [-0.15, -0.1) is 0 Å². The molecular weight excluding hydrogens is 126 g/mol. The molecule has 0 aliphatic rings. The van der Waals surface area contributed by atoms with Crippen molar-refractivity contribution in [3.8, 4) is 0 Å². The van der Waals surface area contributed by atoms with Crippen molar-refractivity contribution in [3.63, 3.8) is 0 Å². The van der Waals surface area contributed by atoms with Crippen LogP contribution in [0, 0.1) is 6.92 Å². The van der Waals surface area contributed by atoms with Crippen LogP contribution >= 0.6 is 0 Å². The molecule has 10 heavy (non-hydrogen) atoms. The van der Waals surface area contributed by atoms with Gasteiger partial charge in [0.15, 0.2) is 0 Å². The fraction of sp³-hybridized carbons (Fsp3) is 0.571. The quantitative estimate of drug-likeness (QED) is 0.656. The van der Waals surface area contributed by atoms with E-state index in [2.05, 4.69) is 15.1 Å². The monoisotopic (exact) mass is 139 g/mol. The molecule has 1 aromatic heterocycles. The summed E-state index contributed by atoms with van der Waals surface area (Å²) in [5.74, 6) is 0. The van der Waals surface area contributed by atoms with Crippen LogP contribution in [0.15, 0.2) is 6.20 Å². The molecular formula is C7H13N3. The van der Waals surface area contributed by atoms with Gasteiger partial charge in [0, 0.05) is 17.8 Å². The van der Waals surface area contributed by atoms with E-state index >= 15 is 0 Å². The number of aromatic amines is 1. The first-order valence-corrected chi connectivity index (χ1v) is 3.33. The van der Waals surface area contributed by atoms with Crippen LogP contribution in [0.1, 0.15) is 11.3 Å². The fourth-order valence-corrected chi connectivity index (χ4v) is 0.876. The van der Waals surface area contributed by atoms with Crippen LogP contribution < -0.4 is 0 Å². The lowest BCUT2D eigenvalue weighted by atomic mass is 10.2. The molecule has 0 radical (unpaired) electrons. The third-order valence-corrected chi connectivity index (χ3v) is 1.42. The Labute approximate surface area is 61.0 Å². The highest BCUT2D eigenvalue weighted by Gasteiger charge is 1.99. The van der Waals surface area contributed by atoms with Crippen molar-refractivity contribution in [1.82, 2.24) is 15.1 Å². The molecule has 0 aromatic carbocycles. The third-order valence-electron chi connectivity index (χ3n) is 1.42. The van der Waals surface area contributed by atoms with Gasteiger partial charge in [0.2, 0.25) is 0 Å². The Morgan fingerprint density at radius 1 is 1.60 bits per heavy atom. The second-order valence-electron chi connectivity index (χ2n) is 2.76. The predicted octanol–water partition coefficient (Wildman–Crippen LogP) is 0.780. The van der Waals surface area contributed by atoms with E-state index in [4.69, 9.17) is 0 Å². The maximum atomic E-state index is 3.92. The molecule has 56 valence electrons. The van der Waals surface area contributed by atoms with Crippen LogP contribution in [0.5, 0.6) is 0 Å². The normalized spacial score (nSPS) is 10.8. The zero-order chi connectivity index (χ0) is 7.56. The van der Waals surface area contributed by atoms with Crippen molar-refractivity contribution in [2.75, 3.05) is 14.1 Å². The van der Waals surface area contributed by atoms with Gasteiger partial charge in [0.25, 0.3) is 0 Å². The highest BCUT2D eigenvalue weighted by molar-refractivity contribution is 5.13. The Bertz CT molecular complexity index is 202. The molecule has 0 aliphatic heterocycles.